The molecule has 0 saturated carbocycles. The Bertz CT molecular complexity index is 202. The standard InChI is InChI=1S/C6H6FNS/c7-4-5-6(9)2-1-3-8-5/h1-3,9H,4H2. The van der Waals surface area contributed by atoms with Crippen molar-refractivity contribution in [3.8, 4) is 0 Å². The summed E-state index contributed by atoms with van der Waals surface area (Å²) in [5.41, 5.74) is 0.404. The van der Waals surface area contributed by atoms with Crippen molar-refractivity contribution in [2.45, 2.75) is 11.6 Å². The molecule has 0 fully saturated rings. The van der Waals surface area contributed by atoms with Gasteiger partial charge in [-0.1, -0.05) is 0 Å². The molecule has 0 aliphatic heterocycles. The molecule has 1 aromatic heterocycles. The summed E-state index contributed by atoms with van der Waals surface area (Å²) in [5, 5.41) is 0. The lowest BCUT2D eigenvalue weighted by molar-refractivity contribution is 0.470. The quantitative estimate of drug-likeness (QED) is 0.592. The number of rotatable bonds is 1. The third kappa shape index (κ3) is 1.42. The Kier molecular flexibility index (Phi) is 2.05. The average Bonchev–Trinajstić information content (AvgIpc) is 1.89. The van der Waals surface area contributed by atoms with Crippen LogP contribution in [0.2, 0.25) is 0 Å². The topological polar surface area (TPSA) is 12.9 Å². The van der Waals surface area contributed by atoms with E-state index in [1.54, 1.807) is 18.3 Å². The van der Waals surface area contributed by atoms with Crippen LogP contribution in [-0.2, 0) is 6.67 Å². The minimum absolute atomic E-state index is 0.404. The first-order chi connectivity index (χ1) is 4.34. The van der Waals surface area contributed by atoms with Crippen molar-refractivity contribution in [3.63, 3.8) is 0 Å². The fourth-order valence-electron chi connectivity index (χ4n) is 0.532. The summed E-state index contributed by atoms with van der Waals surface area (Å²) in [6, 6.07) is 3.44. The van der Waals surface area contributed by atoms with Gasteiger partial charge in [-0.05, 0) is 12.1 Å². The van der Waals surface area contributed by atoms with Gasteiger partial charge in [0.15, 0.2) is 0 Å². The Morgan fingerprint density at radius 1 is 1.67 bits per heavy atom. The van der Waals surface area contributed by atoms with Crippen molar-refractivity contribution in [1.29, 1.82) is 0 Å². The maximum atomic E-state index is 11.9. The van der Waals surface area contributed by atoms with Crippen LogP contribution in [0.25, 0.3) is 0 Å². The fourth-order valence-corrected chi connectivity index (χ4v) is 0.736. The van der Waals surface area contributed by atoms with Crippen molar-refractivity contribution < 1.29 is 4.39 Å². The molecular formula is C6H6FNS. The van der Waals surface area contributed by atoms with E-state index in [0.717, 1.165) is 0 Å². The number of hydrogen-bond acceptors (Lipinski definition) is 2. The first-order valence-electron chi connectivity index (χ1n) is 2.53. The van der Waals surface area contributed by atoms with Gasteiger partial charge in [0.2, 0.25) is 0 Å². The normalized spacial score (nSPS) is 9.56. The summed E-state index contributed by atoms with van der Waals surface area (Å²) < 4.78 is 11.9. The van der Waals surface area contributed by atoms with E-state index < -0.39 is 6.67 Å². The van der Waals surface area contributed by atoms with Gasteiger partial charge in [0.25, 0.3) is 0 Å². The molecule has 1 heterocycles. The average molecular weight is 143 g/mol. The van der Waals surface area contributed by atoms with E-state index in [0.29, 0.717) is 10.6 Å². The molecule has 9 heavy (non-hydrogen) atoms. The molecule has 0 N–H and O–H groups in total. The van der Waals surface area contributed by atoms with E-state index in [1.165, 1.54) is 0 Å². The predicted octanol–water partition coefficient (Wildman–Crippen LogP) is 1.84. The molecule has 3 heteroatoms. The van der Waals surface area contributed by atoms with Crippen LogP contribution in [0.3, 0.4) is 0 Å². The predicted molar refractivity (Wildman–Crippen MR) is 36.3 cm³/mol. The van der Waals surface area contributed by atoms with Gasteiger partial charge in [-0.15, -0.1) is 12.6 Å². The summed E-state index contributed by atoms with van der Waals surface area (Å²) in [4.78, 5) is 4.36. The second-order valence-electron chi connectivity index (χ2n) is 1.60. The number of hydrogen-bond donors (Lipinski definition) is 1. The third-order valence-electron chi connectivity index (χ3n) is 0.993. The molecule has 1 nitrogen and oxygen atoms in total. The van der Waals surface area contributed by atoms with Crippen LogP contribution in [0.15, 0.2) is 23.2 Å². The fraction of sp³-hybridized carbons (Fsp3) is 0.167. The highest BCUT2D eigenvalue weighted by atomic mass is 32.1. The number of thiol groups is 1. The van der Waals surface area contributed by atoms with Crippen molar-refractivity contribution in [1.82, 2.24) is 4.98 Å². The van der Waals surface area contributed by atoms with Crippen LogP contribution in [0.1, 0.15) is 5.69 Å². The zero-order valence-electron chi connectivity index (χ0n) is 4.71. The Hall–Kier alpha value is -0.570. The lowest BCUT2D eigenvalue weighted by atomic mass is 10.4. The Labute approximate surface area is 58.3 Å². The molecule has 0 aliphatic carbocycles. The molecule has 0 aromatic carbocycles. The summed E-state index contributed by atoms with van der Waals surface area (Å²) in [6.45, 7) is -0.542. The van der Waals surface area contributed by atoms with Gasteiger partial charge in [0.1, 0.15) is 6.67 Å². The summed E-state index contributed by atoms with van der Waals surface area (Å²) >= 11 is 3.98. The molecule has 0 aliphatic rings. The second-order valence-corrected chi connectivity index (χ2v) is 2.08. The van der Waals surface area contributed by atoms with Crippen molar-refractivity contribution >= 4 is 12.6 Å². The molecule has 0 spiro atoms. The molecule has 0 atom stereocenters. The number of aromatic nitrogens is 1. The van der Waals surface area contributed by atoms with Gasteiger partial charge in [-0.3, -0.25) is 4.98 Å². The monoisotopic (exact) mass is 143 g/mol. The molecule has 48 valence electrons. The van der Waals surface area contributed by atoms with Crippen molar-refractivity contribution in [2.75, 3.05) is 0 Å². The molecular weight excluding hydrogens is 137 g/mol. The van der Waals surface area contributed by atoms with Crippen LogP contribution in [0.4, 0.5) is 4.39 Å². The summed E-state index contributed by atoms with van der Waals surface area (Å²) in [6.07, 6.45) is 1.55. The van der Waals surface area contributed by atoms with E-state index in [1.807, 2.05) is 0 Å². The molecule has 0 radical (unpaired) electrons. The van der Waals surface area contributed by atoms with Gasteiger partial charge < -0.3 is 0 Å². The van der Waals surface area contributed by atoms with E-state index in [4.69, 9.17) is 0 Å². The third-order valence-corrected chi connectivity index (χ3v) is 1.40. The maximum Gasteiger partial charge on any atom is 0.133 e. The minimum atomic E-state index is -0.542. The molecule has 0 saturated heterocycles. The smallest absolute Gasteiger partial charge is 0.133 e. The van der Waals surface area contributed by atoms with Gasteiger partial charge >= 0.3 is 0 Å². The van der Waals surface area contributed by atoms with Crippen LogP contribution >= 0.6 is 12.6 Å². The minimum Gasteiger partial charge on any atom is -0.257 e. The highest BCUT2D eigenvalue weighted by Crippen LogP contribution is 2.09. The molecule has 1 aromatic rings. The number of alkyl halides is 1. The first kappa shape index (κ1) is 6.55. The van der Waals surface area contributed by atoms with Gasteiger partial charge in [-0.25, -0.2) is 4.39 Å². The number of pyridine rings is 1. The number of halogens is 1. The zero-order valence-corrected chi connectivity index (χ0v) is 5.61. The van der Waals surface area contributed by atoms with Crippen LogP contribution in [0, 0.1) is 0 Å². The first-order valence-corrected chi connectivity index (χ1v) is 2.98. The molecule has 1 rings (SSSR count). The largest absolute Gasteiger partial charge is 0.257 e. The van der Waals surface area contributed by atoms with Gasteiger partial charge in [-0.2, -0.15) is 0 Å². The van der Waals surface area contributed by atoms with Crippen molar-refractivity contribution in [2.24, 2.45) is 0 Å². The van der Waals surface area contributed by atoms with Crippen LogP contribution in [-0.4, -0.2) is 4.98 Å². The van der Waals surface area contributed by atoms with Crippen molar-refractivity contribution in [3.05, 3.63) is 24.0 Å². The highest BCUT2D eigenvalue weighted by Gasteiger charge is 1.94. The summed E-state index contributed by atoms with van der Waals surface area (Å²) in [5.74, 6) is 0. The molecule has 0 unspecified atom stereocenters. The maximum absolute atomic E-state index is 11.9. The Morgan fingerprint density at radius 3 is 2.89 bits per heavy atom. The lowest BCUT2D eigenvalue weighted by Crippen LogP contribution is -1.84. The van der Waals surface area contributed by atoms with Gasteiger partial charge in [0.05, 0.1) is 5.69 Å². The van der Waals surface area contributed by atoms with E-state index in [-0.39, 0.29) is 0 Å². The number of nitrogens with zero attached hydrogens (tertiary/aromatic N) is 1. The van der Waals surface area contributed by atoms with Gasteiger partial charge in [0, 0.05) is 11.1 Å². The SMILES string of the molecule is FCc1ncccc1S. The lowest BCUT2D eigenvalue weighted by Gasteiger charge is -1.94. The molecule has 0 amide bonds. The van der Waals surface area contributed by atoms with Crippen LogP contribution < -0.4 is 0 Å². The highest BCUT2D eigenvalue weighted by molar-refractivity contribution is 7.80. The second kappa shape index (κ2) is 2.82. The van der Waals surface area contributed by atoms with E-state index in [2.05, 4.69) is 17.6 Å². The summed E-state index contributed by atoms with van der Waals surface area (Å²) in [7, 11) is 0. The Morgan fingerprint density at radius 2 is 2.44 bits per heavy atom. The van der Waals surface area contributed by atoms with Crippen LogP contribution in [0.5, 0.6) is 0 Å². The van der Waals surface area contributed by atoms with E-state index >= 15 is 0 Å². The van der Waals surface area contributed by atoms with E-state index in [9.17, 15) is 4.39 Å². The zero-order chi connectivity index (χ0) is 6.69. The molecule has 0 bridgehead atoms. The Balaban J connectivity index is 3.01.